The number of halogens is 3. The van der Waals surface area contributed by atoms with Crippen molar-refractivity contribution in [3.8, 4) is 11.6 Å². The molecule has 1 aliphatic heterocycles. The summed E-state index contributed by atoms with van der Waals surface area (Å²) in [7, 11) is 1.81. The summed E-state index contributed by atoms with van der Waals surface area (Å²) in [6.07, 6.45) is -5.11. The zero-order chi connectivity index (χ0) is 23.9. The van der Waals surface area contributed by atoms with E-state index in [0.29, 0.717) is 43.5 Å². The summed E-state index contributed by atoms with van der Waals surface area (Å²) in [4.78, 5) is 20.9. The third kappa shape index (κ3) is 4.74. The molecule has 1 unspecified atom stereocenters. The molecule has 3 heterocycles. The number of hydrogen-bond acceptors (Lipinski definition) is 10. The molecule has 1 saturated heterocycles. The lowest BCUT2D eigenvalue weighted by molar-refractivity contribution is -0.145. The van der Waals surface area contributed by atoms with E-state index in [1.54, 1.807) is 4.90 Å². The van der Waals surface area contributed by atoms with E-state index >= 15 is 0 Å². The number of anilines is 4. The van der Waals surface area contributed by atoms with Gasteiger partial charge in [-0.15, -0.1) is 0 Å². The van der Waals surface area contributed by atoms with Gasteiger partial charge in [0.2, 0.25) is 23.5 Å². The van der Waals surface area contributed by atoms with E-state index in [2.05, 4.69) is 25.1 Å². The van der Waals surface area contributed by atoms with Gasteiger partial charge < -0.3 is 24.8 Å². The van der Waals surface area contributed by atoms with E-state index in [4.69, 9.17) is 15.0 Å². The number of para-hydroxylation sites is 1. The molecule has 34 heavy (non-hydrogen) atoms. The minimum absolute atomic E-state index is 0.0323. The van der Waals surface area contributed by atoms with Crippen LogP contribution in [0.25, 0.3) is 11.6 Å². The Hall–Kier alpha value is -3.48. The van der Waals surface area contributed by atoms with Gasteiger partial charge in [-0.3, -0.25) is 0 Å². The molecule has 180 valence electrons. The molecule has 0 bridgehead atoms. The number of benzene rings is 1. The van der Waals surface area contributed by atoms with Crippen molar-refractivity contribution in [2.75, 3.05) is 48.9 Å². The minimum atomic E-state index is -4.19. The predicted octanol–water partition coefficient (Wildman–Crippen LogP) is 2.92. The number of fused-ring (bicyclic) bond motifs is 1. The smallest absolute Gasteiger partial charge is 0.381 e. The molecule has 2 aromatic heterocycles. The average Bonchev–Trinajstić information content (AvgIpc) is 3.17. The Kier molecular flexibility index (Phi) is 5.71. The van der Waals surface area contributed by atoms with Crippen LogP contribution in [0.1, 0.15) is 6.42 Å². The summed E-state index contributed by atoms with van der Waals surface area (Å²) >= 11 is 0. The number of nitrogens with two attached hydrogens (primary N) is 1. The van der Waals surface area contributed by atoms with Gasteiger partial charge in [-0.2, -0.15) is 33.1 Å². The number of ether oxygens (including phenoxy) is 1. The number of aromatic nitrogens is 5. The lowest BCUT2D eigenvalue weighted by Gasteiger charge is -2.17. The Bertz CT molecular complexity index is 1130. The molecule has 0 radical (unpaired) electrons. The van der Waals surface area contributed by atoms with Gasteiger partial charge in [-0.1, -0.05) is 23.4 Å². The van der Waals surface area contributed by atoms with Crippen LogP contribution in [0.2, 0.25) is 0 Å². The molecule has 10 nitrogen and oxygen atoms in total. The van der Waals surface area contributed by atoms with Crippen molar-refractivity contribution in [2.45, 2.75) is 12.6 Å². The van der Waals surface area contributed by atoms with E-state index in [0.717, 1.165) is 5.69 Å². The third-order valence-electron chi connectivity index (χ3n) is 6.18. The van der Waals surface area contributed by atoms with Crippen LogP contribution in [0.4, 0.5) is 36.8 Å². The van der Waals surface area contributed by atoms with Crippen molar-refractivity contribution in [3.05, 3.63) is 30.3 Å². The maximum absolute atomic E-state index is 12.2. The van der Waals surface area contributed by atoms with Crippen LogP contribution in [0.5, 0.6) is 0 Å². The van der Waals surface area contributed by atoms with Gasteiger partial charge in [0.1, 0.15) is 0 Å². The van der Waals surface area contributed by atoms with Gasteiger partial charge in [0.15, 0.2) is 0 Å². The number of hydrogen-bond donors (Lipinski definition) is 1. The predicted molar refractivity (Wildman–Crippen MR) is 116 cm³/mol. The molecule has 2 N–H and O–H groups in total. The normalized spacial score (nSPS) is 21.5. The van der Waals surface area contributed by atoms with Crippen molar-refractivity contribution in [1.29, 1.82) is 0 Å². The molecule has 2 fully saturated rings. The lowest BCUT2D eigenvalue weighted by atomic mass is 10.3. The largest absolute Gasteiger partial charge is 0.391 e. The fourth-order valence-electron chi connectivity index (χ4n) is 4.29. The monoisotopic (exact) mass is 476 g/mol. The summed E-state index contributed by atoms with van der Waals surface area (Å²) in [5.41, 5.74) is 6.77. The van der Waals surface area contributed by atoms with Crippen molar-refractivity contribution >= 4 is 23.6 Å². The Labute approximate surface area is 192 Å². The molecule has 0 spiro atoms. The highest BCUT2D eigenvalue weighted by molar-refractivity contribution is 5.59. The molecule has 0 amide bonds. The van der Waals surface area contributed by atoms with E-state index in [-0.39, 0.29) is 30.1 Å². The molecule has 3 aromatic rings. The number of alkyl halides is 3. The van der Waals surface area contributed by atoms with Gasteiger partial charge in [0.05, 0.1) is 19.6 Å². The standard InChI is InChI=1S/C21H23F3N8O2/c1-31(12-5-3-2-4-6-12)19-27-16(26-18(25)29-19)17-28-20(34-30-17)32-9-13-14(10-32)15(13)11-33-8-7-21(22,23)24/h2-6,13-15H,7-11H2,1H3,(H2,25,26,27,29)/t13-,14+,15?. The fourth-order valence-corrected chi connectivity index (χ4v) is 4.29. The Morgan fingerprint density at radius 1 is 1.09 bits per heavy atom. The second-order valence-corrected chi connectivity index (χ2v) is 8.45. The first kappa shape index (κ1) is 22.3. The van der Waals surface area contributed by atoms with Crippen LogP contribution in [0.15, 0.2) is 34.9 Å². The molecular weight excluding hydrogens is 453 g/mol. The number of piperidine rings is 1. The van der Waals surface area contributed by atoms with Crippen molar-refractivity contribution in [1.82, 2.24) is 25.1 Å². The zero-order valence-corrected chi connectivity index (χ0v) is 18.3. The van der Waals surface area contributed by atoms with Crippen molar-refractivity contribution in [3.63, 3.8) is 0 Å². The third-order valence-corrected chi connectivity index (χ3v) is 6.18. The van der Waals surface area contributed by atoms with Gasteiger partial charge in [-0.05, 0) is 29.9 Å². The summed E-state index contributed by atoms with van der Waals surface area (Å²) in [6.45, 7) is 1.41. The Morgan fingerprint density at radius 3 is 2.53 bits per heavy atom. The first-order chi connectivity index (χ1) is 16.3. The quantitative estimate of drug-likeness (QED) is 0.486. The SMILES string of the molecule is CN(c1ccccc1)c1nc(N)nc(-c2noc(N3C[C@@H]4C(COCCC(F)(F)F)[C@@H]4C3)n2)n1. The van der Waals surface area contributed by atoms with Crippen LogP contribution in [-0.2, 0) is 4.74 Å². The molecule has 1 aromatic carbocycles. The number of nitrogen functional groups attached to an aromatic ring is 1. The highest BCUT2D eigenvalue weighted by Gasteiger charge is 2.56. The highest BCUT2D eigenvalue weighted by Crippen LogP contribution is 2.52. The van der Waals surface area contributed by atoms with E-state index in [1.165, 1.54) is 0 Å². The first-order valence-corrected chi connectivity index (χ1v) is 10.8. The topological polar surface area (TPSA) is 119 Å². The van der Waals surface area contributed by atoms with Crippen LogP contribution in [0, 0.1) is 17.8 Å². The zero-order valence-electron chi connectivity index (χ0n) is 18.3. The van der Waals surface area contributed by atoms with Gasteiger partial charge in [-0.25, -0.2) is 0 Å². The average molecular weight is 476 g/mol. The maximum Gasteiger partial charge on any atom is 0.391 e. The lowest BCUT2D eigenvalue weighted by Crippen LogP contribution is -2.25. The van der Waals surface area contributed by atoms with Crippen LogP contribution in [-0.4, -0.2) is 64.6 Å². The Balaban J connectivity index is 1.20. The van der Waals surface area contributed by atoms with Crippen LogP contribution in [0.3, 0.4) is 0 Å². The second kappa shape index (κ2) is 8.70. The first-order valence-electron chi connectivity index (χ1n) is 10.8. The molecule has 2 aliphatic rings. The van der Waals surface area contributed by atoms with Crippen LogP contribution < -0.4 is 15.5 Å². The molecule has 13 heteroatoms. The van der Waals surface area contributed by atoms with Gasteiger partial charge in [0, 0.05) is 25.8 Å². The van der Waals surface area contributed by atoms with Crippen LogP contribution >= 0.6 is 0 Å². The highest BCUT2D eigenvalue weighted by atomic mass is 19.4. The minimum Gasteiger partial charge on any atom is -0.381 e. The summed E-state index contributed by atoms with van der Waals surface area (Å²) < 4.78 is 47.3. The van der Waals surface area contributed by atoms with E-state index in [9.17, 15) is 13.2 Å². The Morgan fingerprint density at radius 2 is 1.82 bits per heavy atom. The maximum atomic E-state index is 12.2. The molecular formula is C21H23F3N8O2. The van der Waals surface area contributed by atoms with Crippen molar-refractivity contribution in [2.24, 2.45) is 17.8 Å². The molecule has 1 saturated carbocycles. The second-order valence-electron chi connectivity index (χ2n) is 8.45. The number of nitrogens with zero attached hydrogens (tertiary/aromatic N) is 7. The van der Waals surface area contributed by atoms with E-state index < -0.39 is 12.6 Å². The molecule has 3 atom stereocenters. The summed E-state index contributed by atoms with van der Waals surface area (Å²) in [5.74, 6) is 1.73. The van der Waals surface area contributed by atoms with E-state index in [1.807, 2.05) is 42.3 Å². The summed E-state index contributed by atoms with van der Waals surface area (Å²) in [6, 6.07) is 9.90. The fraction of sp³-hybridized carbons (Fsp3) is 0.476. The summed E-state index contributed by atoms with van der Waals surface area (Å²) in [5, 5.41) is 4.00. The number of rotatable bonds is 8. The molecule has 1 aliphatic carbocycles. The molecule has 5 rings (SSSR count). The van der Waals surface area contributed by atoms with Gasteiger partial charge in [0.25, 0.3) is 0 Å². The van der Waals surface area contributed by atoms with Crippen molar-refractivity contribution < 1.29 is 22.4 Å². The van der Waals surface area contributed by atoms with Gasteiger partial charge >= 0.3 is 12.2 Å².